The molecule has 12 N–H and O–H groups in total. The first-order valence-corrected chi connectivity index (χ1v) is 12.1. The number of hydrogen-bond donors (Lipinski definition) is 7. The van der Waals surface area contributed by atoms with E-state index < -0.39 is 42.1 Å². The van der Waals surface area contributed by atoms with Crippen molar-refractivity contribution in [1.29, 1.82) is 0 Å². The molecule has 35 heavy (non-hydrogen) atoms. The minimum absolute atomic E-state index is 0.00273. The van der Waals surface area contributed by atoms with Gasteiger partial charge in [0.15, 0.2) is 0 Å². The van der Waals surface area contributed by atoms with Crippen molar-refractivity contribution in [3.63, 3.8) is 0 Å². The summed E-state index contributed by atoms with van der Waals surface area (Å²) in [6.45, 7) is 2.96. The van der Waals surface area contributed by atoms with E-state index in [1.165, 1.54) is 0 Å². The van der Waals surface area contributed by atoms with Gasteiger partial charge in [-0.2, -0.15) is 4.98 Å². The minimum atomic E-state index is -0.874. The number of hydrogen-bond acceptors (Lipinski definition) is 12. The van der Waals surface area contributed by atoms with Crippen LogP contribution in [0.1, 0.15) is 51.0 Å². The van der Waals surface area contributed by atoms with Gasteiger partial charge in [0.25, 0.3) is 5.56 Å². The Kier molecular flexibility index (Phi) is 11.4. The highest BCUT2D eigenvalue weighted by Gasteiger charge is 2.38. The van der Waals surface area contributed by atoms with E-state index in [2.05, 4.69) is 15.3 Å². The Bertz CT molecular complexity index is 895. The summed E-state index contributed by atoms with van der Waals surface area (Å²) < 4.78 is 11.4. The molecule has 0 aromatic carbocycles. The van der Waals surface area contributed by atoms with Crippen molar-refractivity contribution < 1.29 is 19.1 Å². The lowest BCUT2D eigenvalue weighted by molar-refractivity contribution is -0.172. The van der Waals surface area contributed by atoms with Gasteiger partial charge in [-0.1, -0.05) is 12.8 Å². The highest BCUT2D eigenvalue weighted by atomic mass is 16.6. The monoisotopic (exact) mass is 496 g/mol. The molecule has 2 rings (SSSR count). The van der Waals surface area contributed by atoms with Gasteiger partial charge in [0.2, 0.25) is 5.95 Å². The summed E-state index contributed by atoms with van der Waals surface area (Å²) in [4.78, 5) is 44.4. The van der Waals surface area contributed by atoms with Crippen LogP contribution < -0.4 is 39.5 Å². The Morgan fingerprint density at radius 1 is 1.03 bits per heavy atom. The topological polar surface area (TPSA) is 240 Å². The first-order chi connectivity index (χ1) is 16.7. The predicted octanol–water partition coefficient (Wildman–Crippen LogP) is -1.31. The number of fused-ring (bicyclic) bond motifs is 1. The van der Waals surface area contributed by atoms with E-state index in [0.29, 0.717) is 56.7 Å². The highest BCUT2D eigenvalue weighted by molar-refractivity contribution is 5.76. The molecule has 0 saturated heterocycles. The molecule has 0 radical (unpaired) electrons. The van der Waals surface area contributed by atoms with Crippen LogP contribution in [0.25, 0.3) is 0 Å². The number of ether oxygens (including phenoxy) is 2. The van der Waals surface area contributed by atoms with Crippen LogP contribution in [0.3, 0.4) is 0 Å². The quantitative estimate of drug-likeness (QED) is 0.117. The van der Waals surface area contributed by atoms with Crippen molar-refractivity contribution >= 4 is 23.7 Å². The summed E-state index contributed by atoms with van der Waals surface area (Å²) in [5.74, 6) is -1.24. The number of anilines is 2. The van der Waals surface area contributed by atoms with Gasteiger partial charge in [0, 0.05) is 12.5 Å². The van der Waals surface area contributed by atoms with E-state index in [9.17, 15) is 14.4 Å². The Morgan fingerprint density at radius 2 is 1.60 bits per heavy atom. The lowest BCUT2D eigenvalue weighted by atomic mass is 9.89. The maximum atomic E-state index is 12.8. The summed E-state index contributed by atoms with van der Waals surface area (Å²) in [5.41, 5.74) is 28.6. The molecular weight excluding hydrogens is 456 g/mol. The van der Waals surface area contributed by atoms with Gasteiger partial charge in [-0.25, -0.2) is 0 Å². The maximum Gasteiger partial charge on any atom is 0.323 e. The van der Waals surface area contributed by atoms with Crippen molar-refractivity contribution in [3.05, 3.63) is 15.9 Å². The molecular formula is C22H40N8O5. The minimum Gasteiger partial charge on any atom is -0.458 e. The van der Waals surface area contributed by atoms with Crippen molar-refractivity contribution in [2.24, 2.45) is 28.9 Å². The molecule has 1 aliphatic rings. The third-order valence-electron chi connectivity index (χ3n) is 6.06. The van der Waals surface area contributed by atoms with Gasteiger partial charge < -0.3 is 43.5 Å². The molecule has 1 aliphatic heterocycles. The first kappa shape index (κ1) is 28.5. The van der Waals surface area contributed by atoms with Gasteiger partial charge in [-0.3, -0.25) is 19.4 Å². The Balaban J connectivity index is 2.16. The van der Waals surface area contributed by atoms with Crippen LogP contribution in [0.15, 0.2) is 4.79 Å². The number of unbranched alkanes of at least 4 members (excludes halogenated alkanes) is 2. The SMILES string of the molecule is C[C@H](OC(=O)[C@@H](N)CCCCN)[C@H](OC(=O)[C@@H](N)CCCCN)[C@H]1CNc2nc(N)[nH]c(=O)c2C1. The van der Waals surface area contributed by atoms with E-state index in [1.54, 1.807) is 6.92 Å². The fourth-order valence-corrected chi connectivity index (χ4v) is 4.03. The number of carbonyl (C=O) groups excluding carboxylic acids is 2. The molecule has 1 aromatic heterocycles. The molecule has 1 aromatic rings. The van der Waals surface area contributed by atoms with Gasteiger partial charge in [-0.05, 0) is 52.1 Å². The molecule has 198 valence electrons. The third-order valence-corrected chi connectivity index (χ3v) is 6.06. The number of esters is 2. The maximum absolute atomic E-state index is 12.8. The number of aromatic nitrogens is 2. The van der Waals surface area contributed by atoms with Crippen LogP contribution >= 0.6 is 0 Å². The molecule has 0 unspecified atom stereocenters. The summed E-state index contributed by atoms with van der Waals surface area (Å²) in [5, 5.41) is 3.06. The fourth-order valence-electron chi connectivity index (χ4n) is 4.03. The number of nitrogens with one attached hydrogen (secondary N) is 2. The molecule has 13 nitrogen and oxygen atoms in total. The Hall–Kier alpha value is -2.74. The third kappa shape index (κ3) is 8.46. The molecule has 0 saturated carbocycles. The van der Waals surface area contributed by atoms with Gasteiger partial charge in [0.05, 0.1) is 5.56 Å². The Labute approximate surface area is 204 Å². The van der Waals surface area contributed by atoms with E-state index in [4.69, 9.17) is 38.1 Å². The van der Waals surface area contributed by atoms with Crippen LogP contribution in [-0.2, 0) is 25.5 Å². The van der Waals surface area contributed by atoms with Crippen molar-refractivity contribution in [2.75, 3.05) is 30.7 Å². The van der Waals surface area contributed by atoms with Crippen LogP contribution in [-0.4, -0.2) is 65.8 Å². The zero-order chi connectivity index (χ0) is 26.0. The molecule has 0 spiro atoms. The number of nitrogens with zero attached hydrogens (tertiary/aromatic N) is 1. The van der Waals surface area contributed by atoms with Crippen molar-refractivity contribution in [3.8, 4) is 0 Å². The largest absolute Gasteiger partial charge is 0.458 e. The van der Waals surface area contributed by atoms with Crippen molar-refractivity contribution in [1.82, 2.24) is 9.97 Å². The summed E-state index contributed by atoms with van der Waals surface area (Å²) in [7, 11) is 0. The van der Waals surface area contributed by atoms with Gasteiger partial charge in [0.1, 0.15) is 30.1 Å². The zero-order valence-corrected chi connectivity index (χ0v) is 20.3. The second kappa shape index (κ2) is 14.0. The lowest BCUT2D eigenvalue weighted by Gasteiger charge is -2.35. The summed E-state index contributed by atoms with van der Waals surface area (Å²) in [6, 6.07) is -1.67. The number of H-pyrrole nitrogens is 1. The molecule has 0 amide bonds. The van der Waals surface area contributed by atoms with Crippen LogP contribution in [0, 0.1) is 5.92 Å². The number of rotatable bonds is 14. The smallest absolute Gasteiger partial charge is 0.323 e. The molecule has 0 aliphatic carbocycles. The lowest BCUT2D eigenvalue weighted by Crippen LogP contribution is -2.48. The fraction of sp³-hybridized carbons (Fsp3) is 0.727. The van der Waals surface area contributed by atoms with E-state index in [-0.39, 0.29) is 17.9 Å². The van der Waals surface area contributed by atoms with E-state index in [1.807, 2.05) is 0 Å². The van der Waals surface area contributed by atoms with Crippen LogP contribution in [0.4, 0.5) is 11.8 Å². The van der Waals surface area contributed by atoms with E-state index in [0.717, 1.165) is 12.8 Å². The second-order valence-electron chi connectivity index (χ2n) is 8.95. The van der Waals surface area contributed by atoms with E-state index >= 15 is 0 Å². The first-order valence-electron chi connectivity index (χ1n) is 12.1. The average molecular weight is 497 g/mol. The molecule has 0 bridgehead atoms. The summed E-state index contributed by atoms with van der Waals surface area (Å²) >= 11 is 0. The van der Waals surface area contributed by atoms with Gasteiger partial charge >= 0.3 is 11.9 Å². The number of carbonyl (C=O) groups is 2. The molecule has 2 heterocycles. The standard InChI is InChI=1S/C22H40N8O5/c1-12(34-20(32)15(25)6-2-4-8-23)17(35-21(33)16(26)7-3-5-9-24)13-10-14-18(28-11-13)29-22(27)30-19(14)31/h12-13,15-17H,2-11,23-26H2,1H3,(H4,27,28,29,30,31)/t12-,13+,15-,16-,17-/m0/s1. The van der Waals surface area contributed by atoms with Crippen LogP contribution in [0.5, 0.6) is 0 Å². The number of nitrogen functional groups attached to an aromatic ring is 1. The predicted molar refractivity (Wildman–Crippen MR) is 132 cm³/mol. The Morgan fingerprint density at radius 3 is 2.17 bits per heavy atom. The average Bonchev–Trinajstić information content (AvgIpc) is 2.82. The molecule has 13 heteroatoms. The molecule has 5 atom stereocenters. The number of nitrogens with two attached hydrogens (primary N) is 5. The second-order valence-corrected chi connectivity index (χ2v) is 8.95. The zero-order valence-electron chi connectivity index (χ0n) is 20.3. The van der Waals surface area contributed by atoms with Gasteiger partial charge in [-0.15, -0.1) is 0 Å². The highest BCUT2D eigenvalue weighted by Crippen LogP contribution is 2.27. The van der Waals surface area contributed by atoms with Crippen molar-refractivity contribution in [2.45, 2.75) is 76.2 Å². The normalized spacial score (nSPS) is 18.5. The molecule has 0 fully saturated rings. The van der Waals surface area contributed by atoms with Crippen LogP contribution in [0.2, 0.25) is 0 Å². The number of aromatic amines is 1. The summed E-state index contributed by atoms with van der Waals surface area (Å²) in [6.07, 6.45) is 2.23.